The van der Waals surface area contributed by atoms with Gasteiger partial charge in [-0.05, 0) is 0 Å². The van der Waals surface area contributed by atoms with Crippen LogP contribution in [0.5, 0.6) is 0 Å². The van der Waals surface area contributed by atoms with Crippen molar-refractivity contribution in [1.29, 1.82) is 0 Å². The fourth-order valence-electron chi connectivity index (χ4n) is 3.94. The van der Waals surface area contributed by atoms with Crippen molar-refractivity contribution in [2.75, 3.05) is 79.3 Å². The molecular formula is C28H52O12Sn. The molecule has 0 radical (unpaired) electrons. The van der Waals surface area contributed by atoms with E-state index in [9.17, 15) is 19.2 Å². The van der Waals surface area contributed by atoms with E-state index >= 15 is 0 Å². The van der Waals surface area contributed by atoms with Gasteiger partial charge in [0.05, 0.1) is 0 Å². The van der Waals surface area contributed by atoms with Crippen molar-refractivity contribution in [3.05, 3.63) is 0 Å². The van der Waals surface area contributed by atoms with E-state index in [1.54, 1.807) is 0 Å². The van der Waals surface area contributed by atoms with Crippen molar-refractivity contribution in [3.8, 4) is 0 Å². The Morgan fingerprint density at radius 3 is 0.805 bits per heavy atom. The summed E-state index contributed by atoms with van der Waals surface area (Å²) in [7, 11) is 0. The topological polar surface area (TPSA) is 142 Å². The third kappa shape index (κ3) is 23.7. The van der Waals surface area contributed by atoms with Gasteiger partial charge in [0.15, 0.2) is 0 Å². The zero-order chi connectivity index (χ0) is 30.6. The average Bonchev–Trinajstić information content (AvgIpc) is 2.97. The molecule has 0 unspecified atom stereocenters. The first-order chi connectivity index (χ1) is 19.8. The first kappa shape index (κ1) is 39.5. The van der Waals surface area contributed by atoms with E-state index in [0.717, 1.165) is 0 Å². The summed E-state index contributed by atoms with van der Waals surface area (Å²) in [5.74, 6) is -1.49. The van der Waals surface area contributed by atoms with E-state index in [0.29, 0.717) is 70.6 Å². The Hall–Kier alpha value is -1.48. The molecule has 0 fully saturated rings. The van der Waals surface area contributed by atoms with Gasteiger partial charge in [0.25, 0.3) is 0 Å². The fourth-order valence-corrected chi connectivity index (χ4v) is 16.6. The van der Waals surface area contributed by atoms with Crippen molar-refractivity contribution >= 4 is 42.3 Å². The quantitative estimate of drug-likeness (QED) is 0.0512. The number of rotatable bonds is 28. The molecule has 41 heavy (non-hydrogen) atoms. The Labute approximate surface area is 249 Å². The third-order valence-electron chi connectivity index (χ3n) is 6.22. The van der Waals surface area contributed by atoms with Crippen LogP contribution in [0.2, 0.25) is 17.7 Å². The molecule has 0 rings (SSSR count). The molecule has 12 nitrogen and oxygen atoms in total. The molecule has 0 amide bonds. The van der Waals surface area contributed by atoms with Gasteiger partial charge in [-0.15, -0.1) is 0 Å². The van der Waals surface area contributed by atoms with Crippen LogP contribution in [0.1, 0.15) is 53.4 Å². The summed E-state index contributed by atoms with van der Waals surface area (Å²) in [6.45, 7) is 11.4. The predicted molar refractivity (Wildman–Crippen MR) is 153 cm³/mol. The molecule has 0 aromatic rings. The summed E-state index contributed by atoms with van der Waals surface area (Å²) in [5, 5.41) is 0. The molecule has 13 heteroatoms. The standard InChI is InChI=1S/4C7H13O3.Sn/c4*1-3-7(8)10-6-5-9-4-2;/h4*1,3-6H2,2H3;. The monoisotopic (exact) mass is 700 g/mol. The summed E-state index contributed by atoms with van der Waals surface area (Å²) in [5.41, 5.74) is 0. The normalized spacial score (nSPS) is 11.2. The van der Waals surface area contributed by atoms with Crippen LogP contribution in [0.3, 0.4) is 0 Å². The van der Waals surface area contributed by atoms with Gasteiger partial charge in [0.1, 0.15) is 0 Å². The maximum atomic E-state index is 12.5. The molecule has 0 spiro atoms. The number of carbonyl (C=O) groups excluding carboxylic acids is 4. The van der Waals surface area contributed by atoms with Gasteiger partial charge in [-0.3, -0.25) is 0 Å². The Bertz CT molecular complexity index is 586. The van der Waals surface area contributed by atoms with Gasteiger partial charge in [-0.25, -0.2) is 0 Å². The van der Waals surface area contributed by atoms with Crippen molar-refractivity contribution in [1.82, 2.24) is 0 Å². The van der Waals surface area contributed by atoms with Gasteiger partial charge in [0.2, 0.25) is 0 Å². The second-order valence-corrected chi connectivity index (χ2v) is 23.4. The molecule has 0 aliphatic heterocycles. The molecule has 0 aromatic carbocycles. The Morgan fingerprint density at radius 1 is 0.390 bits per heavy atom. The van der Waals surface area contributed by atoms with Gasteiger partial charge in [-0.1, -0.05) is 0 Å². The first-order valence-electron chi connectivity index (χ1n) is 14.8. The number of hydrogen-bond donors (Lipinski definition) is 0. The zero-order valence-electron chi connectivity index (χ0n) is 25.5. The van der Waals surface area contributed by atoms with Crippen LogP contribution in [0.15, 0.2) is 0 Å². The van der Waals surface area contributed by atoms with Crippen LogP contribution in [0.25, 0.3) is 0 Å². The fraction of sp³-hybridized carbons (Fsp3) is 0.857. The summed E-state index contributed by atoms with van der Waals surface area (Å²) >= 11 is -3.55. The number of hydrogen-bond acceptors (Lipinski definition) is 12. The van der Waals surface area contributed by atoms with Crippen LogP contribution in [-0.4, -0.2) is 122 Å². The Balaban J connectivity index is 5.47. The van der Waals surface area contributed by atoms with Crippen molar-refractivity contribution in [2.45, 2.75) is 71.1 Å². The minimum atomic E-state index is -3.55. The molecule has 0 aromatic heterocycles. The van der Waals surface area contributed by atoms with E-state index in [1.165, 1.54) is 0 Å². The van der Waals surface area contributed by atoms with Gasteiger partial charge in [0, 0.05) is 0 Å². The Kier molecular flexibility index (Phi) is 26.4. The van der Waals surface area contributed by atoms with Crippen LogP contribution >= 0.6 is 0 Å². The minimum absolute atomic E-state index is 0.139. The number of esters is 4. The van der Waals surface area contributed by atoms with E-state index in [4.69, 9.17) is 37.9 Å². The summed E-state index contributed by atoms with van der Waals surface area (Å²) in [6, 6.07) is 0. The van der Waals surface area contributed by atoms with Gasteiger partial charge >= 0.3 is 250 Å². The second kappa shape index (κ2) is 27.4. The average molecular weight is 699 g/mol. The van der Waals surface area contributed by atoms with E-state index in [1.807, 2.05) is 27.7 Å². The van der Waals surface area contributed by atoms with Crippen LogP contribution in [0, 0.1) is 0 Å². The molecule has 0 atom stereocenters. The molecule has 0 bridgehead atoms. The number of ether oxygens (including phenoxy) is 8. The molecule has 0 aliphatic rings. The molecule has 0 heterocycles. The summed E-state index contributed by atoms with van der Waals surface area (Å²) in [4.78, 5) is 50.1. The second-order valence-electron chi connectivity index (χ2n) is 9.17. The number of carbonyl (C=O) groups is 4. The molecule has 0 N–H and O–H groups in total. The van der Waals surface area contributed by atoms with Crippen molar-refractivity contribution in [3.63, 3.8) is 0 Å². The Morgan fingerprint density at radius 2 is 0.610 bits per heavy atom. The molecule has 240 valence electrons. The van der Waals surface area contributed by atoms with E-state index in [2.05, 4.69) is 0 Å². The summed E-state index contributed by atoms with van der Waals surface area (Å²) in [6.07, 6.45) is 0.557. The maximum absolute atomic E-state index is 12.5. The first-order valence-corrected chi connectivity index (χ1v) is 22.8. The van der Waals surface area contributed by atoms with Crippen LogP contribution < -0.4 is 0 Å². The molecule has 0 saturated carbocycles. The van der Waals surface area contributed by atoms with Crippen molar-refractivity contribution < 1.29 is 57.1 Å². The van der Waals surface area contributed by atoms with E-state index < -0.39 is 18.4 Å². The van der Waals surface area contributed by atoms with Gasteiger partial charge < -0.3 is 0 Å². The third-order valence-corrected chi connectivity index (χ3v) is 21.2. The van der Waals surface area contributed by atoms with Crippen LogP contribution in [0.4, 0.5) is 0 Å². The molecule has 0 aliphatic carbocycles. The van der Waals surface area contributed by atoms with Crippen molar-refractivity contribution in [2.24, 2.45) is 0 Å². The predicted octanol–water partition coefficient (Wildman–Crippen LogP) is 3.31. The molecular weight excluding hydrogens is 647 g/mol. The van der Waals surface area contributed by atoms with Crippen LogP contribution in [-0.2, 0) is 57.1 Å². The van der Waals surface area contributed by atoms with Gasteiger partial charge in [-0.2, -0.15) is 0 Å². The SMILES string of the molecule is CCOCCOC(=O)C[CH2][Sn]([CH2]CC(=O)OCCOCC)([CH2]CC(=O)OCCOCC)[CH2]CC(=O)OCCOCC. The zero-order valence-corrected chi connectivity index (χ0v) is 28.4. The molecule has 0 saturated heterocycles. The van der Waals surface area contributed by atoms with E-state index in [-0.39, 0.29) is 76.0 Å². The summed E-state index contributed by atoms with van der Waals surface area (Å²) < 4.78 is 44.1.